The van der Waals surface area contributed by atoms with Gasteiger partial charge in [-0.15, -0.1) is 22.7 Å². The van der Waals surface area contributed by atoms with Crippen LogP contribution in [0.4, 0.5) is 5.13 Å². The van der Waals surface area contributed by atoms with Gasteiger partial charge in [-0.05, 0) is 28.9 Å². The number of halogens is 2. The van der Waals surface area contributed by atoms with Crippen LogP contribution < -0.4 is 10.5 Å². The van der Waals surface area contributed by atoms with Gasteiger partial charge in [0.05, 0.1) is 14.5 Å². The van der Waals surface area contributed by atoms with Crippen LogP contribution in [0, 0.1) is 0 Å². The minimum absolute atomic E-state index is 0.127. The highest BCUT2D eigenvalue weighted by Crippen LogP contribution is 2.35. The van der Waals surface area contributed by atoms with Crippen LogP contribution in [0.15, 0.2) is 19.4 Å². The van der Waals surface area contributed by atoms with Gasteiger partial charge in [0.25, 0.3) is 10.0 Å². The second kappa shape index (κ2) is 5.66. The van der Waals surface area contributed by atoms with E-state index in [2.05, 4.69) is 25.6 Å². The Hall–Kier alpha value is -0.190. The van der Waals surface area contributed by atoms with E-state index < -0.39 is 10.0 Å². The van der Waals surface area contributed by atoms with E-state index in [4.69, 9.17) is 17.3 Å². The zero-order valence-electron chi connectivity index (χ0n) is 9.55. The highest BCUT2D eigenvalue weighted by molar-refractivity contribution is 9.11. The molecule has 0 amide bonds. The molecule has 1 atom stereocenters. The van der Waals surface area contributed by atoms with Crippen LogP contribution in [0.5, 0.6) is 0 Å². The minimum atomic E-state index is -3.67. The number of hydrogen-bond donors (Lipinski definition) is 2. The quantitative estimate of drug-likeness (QED) is 0.820. The van der Waals surface area contributed by atoms with Crippen LogP contribution in [0.1, 0.15) is 18.7 Å². The van der Waals surface area contributed by atoms with Gasteiger partial charge in [0.15, 0.2) is 5.13 Å². The van der Waals surface area contributed by atoms with Gasteiger partial charge < -0.3 is 5.73 Å². The summed E-state index contributed by atoms with van der Waals surface area (Å²) in [6.07, 6.45) is 0. The lowest BCUT2D eigenvalue weighted by atomic mass is 10.3. The molecule has 0 aliphatic heterocycles. The molecule has 5 nitrogen and oxygen atoms in total. The average molecular weight is 403 g/mol. The van der Waals surface area contributed by atoms with Gasteiger partial charge in [0.2, 0.25) is 0 Å². The Bertz CT molecular complexity index is 676. The van der Waals surface area contributed by atoms with Crippen molar-refractivity contribution in [2.75, 3.05) is 4.72 Å². The van der Waals surface area contributed by atoms with E-state index >= 15 is 0 Å². The highest BCUT2D eigenvalue weighted by atomic mass is 79.9. The Balaban J connectivity index is 2.25. The molecule has 19 heavy (non-hydrogen) atoms. The first kappa shape index (κ1) is 15.2. The number of thiophene rings is 1. The Morgan fingerprint density at radius 2 is 2.26 bits per heavy atom. The molecule has 2 aromatic heterocycles. The van der Waals surface area contributed by atoms with Crippen molar-refractivity contribution in [1.82, 2.24) is 4.98 Å². The van der Waals surface area contributed by atoms with Crippen LogP contribution in [-0.4, -0.2) is 13.4 Å². The summed E-state index contributed by atoms with van der Waals surface area (Å²) in [5, 5.41) is 2.37. The Morgan fingerprint density at radius 1 is 1.58 bits per heavy atom. The van der Waals surface area contributed by atoms with Crippen LogP contribution in [0.25, 0.3) is 0 Å². The van der Waals surface area contributed by atoms with E-state index in [0.717, 1.165) is 11.3 Å². The fraction of sp³-hybridized carbons (Fsp3) is 0.222. The van der Waals surface area contributed by atoms with Crippen LogP contribution in [0.2, 0.25) is 5.02 Å². The number of hydrogen-bond acceptors (Lipinski definition) is 6. The third-order valence-corrected chi connectivity index (χ3v) is 7.29. The lowest BCUT2D eigenvalue weighted by molar-refractivity contribution is 0.603. The molecule has 1 unspecified atom stereocenters. The van der Waals surface area contributed by atoms with E-state index in [9.17, 15) is 8.42 Å². The van der Waals surface area contributed by atoms with Crippen LogP contribution in [0.3, 0.4) is 0 Å². The summed E-state index contributed by atoms with van der Waals surface area (Å²) >= 11 is 11.2. The first-order chi connectivity index (χ1) is 8.79. The molecule has 0 fully saturated rings. The zero-order chi connectivity index (χ0) is 14.2. The molecule has 0 bridgehead atoms. The normalized spacial score (nSPS) is 13.5. The highest BCUT2D eigenvalue weighted by Gasteiger charge is 2.20. The maximum absolute atomic E-state index is 12.1. The minimum Gasteiger partial charge on any atom is -0.323 e. The fourth-order valence-electron chi connectivity index (χ4n) is 1.17. The monoisotopic (exact) mass is 401 g/mol. The van der Waals surface area contributed by atoms with Gasteiger partial charge in [-0.2, -0.15) is 0 Å². The Kier molecular flexibility index (Phi) is 4.53. The molecule has 0 radical (unpaired) electrons. The molecule has 0 saturated carbocycles. The van der Waals surface area contributed by atoms with Crippen molar-refractivity contribution in [1.29, 1.82) is 0 Å². The Morgan fingerprint density at radius 3 is 2.74 bits per heavy atom. The van der Waals surface area contributed by atoms with E-state index in [1.165, 1.54) is 17.4 Å². The van der Waals surface area contributed by atoms with Gasteiger partial charge in [-0.1, -0.05) is 11.6 Å². The lowest BCUT2D eigenvalue weighted by Gasteiger charge is -2.02. The third kappa shape index (κ3) is 3.47. The van der Waals surface area contributed by atoms with E-state index in [-0.39, 0.29) is 15.4 Å². The van der Waals surface area contributed by atoms with Crippen molar-refractivity contribution < 1.29 is 8.42 Å². The van der Waals surface area contributed by atoms with Gasteiger partial charge in [-0.3, -0.25) is 4.72 Å². The molecule has 3 N–H and O–H groups in total. The molecule has 0 aliphatic carbocycles. The summed E-state index contributed by atoms with van der Waals surface area (Å²) in [5.74, 6) is 0. The predicted octanol–water partition coefficient (Wildman–Crippen LogP) is 3.44. The number of rotatable bonds is 4. The molecule has 0 spiro atoms. The van der Waals surface area contributed by atoms with E-state index in [0.29, 0.717) is 14.5 Å². The number of thiazole rings is 1. The van der Waals surface area contributed by atoms with Crippen LogP contribution >= 0.6 is 50.2 Å². The molecule has 0 aromatic carbocycles. The average Bonchev–Trinajstić information content (AvgIpc) is 2.87. The molecule has 10 heteroatoms. The lowest BCUT2D eigenvalue weighted by Crippen LogP contribution is -2.12. The number of sulfonamides is 1. The zero-order valence-corrected chi connectivity index (χ0v) is 14.3. The molecule has 104 valence electrons. The van der Waals surface area contributed by atoms with Gasteiger partial charge in [0, 0.05) is 11.4 Å². The first-order valence-corrected chi connectivity index (χ1v) is 9.33. The molecule has 0 saturated heterocycles. The SMILES string of the molecule is CC(N)c1csc(NS(=O)(=O)c2cc(Cl)c(Br)s2)n1. The summed E-state index contributed by atoms with van der Waals surface area (Å²) < 4.78 is 27.3. The molecule has 2 aromatic rings. The maximum atomic E-state index is 12.1. The summed E-state index contributed by atoms with van der Waals surface area (Å²) in [4.78, 5) is 4.11. The molecular weight excluding hydrogens is 394 g/mol. The first-order valence-electron chi connectivity index (χ1n) is 4.98. The van der Waals surface area contributed by atoms with Crippen molar-refractivity contribution in [3.05, 3.63) is 25.9 Å². The number of nitrogens with two attached hydrogens (primary N) is 1. The standard InChI is InChI=1S/C9H9BrClN3O2S3/c1-4(12)6-3-17-9(13-6)14-19(15,16)7-2-5(11)8(10)18-7/h2-4H,12H2,1H3,(H,13,14). The third-order valence-electron chi connectivity index (χ3n) is 2.10. The second-order valence-electron chi connectivity index (χ2n) is 3.66. The van der Waals surface area contributed by atoms with Gasteiger partial charge >= 0.3 is 0 Å². The van der Waals surface area contributed by atoms with E-state index in [1.54, 1.807) is 12.3 Å². The second-order valence-corrected chi connectivity index (χ2v) is 9.20. The fourth-order valence-corrected chi connectivity index (χ4v) is 5.63. The summed E-state index contributed by atoms with van der Waals surface area (Å²) in [7, 11) is -3.67. The largest absolute Gasteiger partial charge is 0.323 e. The van der Waals surface area contributed by atoms with Gasteiger partial charge in [-0.25, -0.2) is 13.4 Å². The smallest absolute Gasteiger partial charge is 0.273 e. The van der Waals surface area contributed by atoms with Gasteiger partial charge in [0.1, 0.15) is 4.21 Å². The van der Waals surface area contributed by atoms with Crippen LogP contribution in [-0.2, 0) is 10.0 Å². The molecule has 2 rings (SSSR count). The Labute approximate surface area is 132 Å². The van der Waals surface area contributed by atoms with Crippen molar-refractivity contribution in [2.45, 2.75) is 17.2 Å². The number of nitrogens with zero attached hydrogens (tertiary/aromatic N) is 1. The molecule has 2 heterocycles. The number of nitrogens with one attached hydrogen (secondary N) is 1. The predicted molar refractivity (Wildman–Crippen MR) is 82.6 cm³/mol. The van der Waals surface area contributed by atoms with Crippen molar-refractivity contribution in [3.8, 4) is 0 Å². The van der Waals surface area contributed by atoms with E-state index in [1.807, 2.05) is 0 Å². The summed E-state index contributed by atoms with van der Waals surface area (Å²) in [6, 6.07) is 1.15. The maximum Gasteiger partial charge on any atom is 0.273 e. The summed E-state index contributed by atoms with van der Waals surface area (Å²) in [5.41, 5.74) is 6.32. The molecule has 0 aliphatic rings. The number of anilines is 1. The summed E-state index contributed by atoms with van der Waals surface area (Å²) in [6.45, 7) is 1.78. The van der Waals surface area contributed by atoms with Crippen molar-refractivity contribution in [2.24, 2.45) is 5.73 Å². The van der Waals surface area contributed by atoms with Crippen molar-refractivity contribution >= 4 is 65.4 Å². The molecular formula is C9H9BrClN3O2S3. The number of aromatic nitrogens is 1. The van der Waals surface area contributed by atoms with Crippen molar-refractivity contribution in [3.63, 3.8) is 0 Å². The topological polar surface area (TPSA) is 85.1 Å².